The molecule has 1 fully saturated rings. The number of furan rings is 1. The number of hydrogen-bond acceptors (Lipinski definition) is 5. The third kappa shape index (κ3) is 3.32. The molecule has 0 spiro atoms. The predicted octanol–water partition coefficient (Wildman–Crippen LogP) is 1.96. The van der Waals surface area contributed by atoms with Gasteiger partial charge in [0.15, 0.2) is 0 Å². The van der Waals surface area contributed by atoms with Crippen LogP contribution in [0, 0.1) is 0 Å². The molecule has 1 N–H and O–H groups in total. The van der Waals surface area contributed by atoms with E-state index >= 15 is 0 Å². The van der Waals surface area contributed by atoms with Crippen LogP contribution in [0.1, 0.15) is 24.1 Å². The number of rotatable bonds is 6. The Bertz CT molecular complexity index is 505. The highest BCUT2D eigenvalue weighted by Gasteiger charge is 2.20. The first-order chi connectivity index (χ1) is 9.31. The number of nitrogens with one attached hydrogen (secondary N) is 1. The normalized spacial score (nSPS) is 14.6. The summed E-state index contributed by atoms with van der Waals surface area (Å²) in [7, 11) is 2.00. The molecule has 5 nitrogen and oxygen atoms in total. The van der Waals surface area contributed by atoms with E-state index in [1.54, 1.807) is 12.5 Å². The maximum Gasteiger partial charge on any atom is 0.147 e. The quantitative estimate of drug-likeness (QED) is 0.858. The van der Waals surface area contributed by atoms with Crippen molar-refractivity contribution in [3.8, 4) is 0 Å². The smallest absolute Gasteiger partial charge is 0.147 e. The van der Waals surface area contributed by atoms with Crippen LogP contribution in [0.3, 0.4) is 0 Å². The van der Waals surface area contributed by atoms with E-state index in [-0.39, 0.29) is 0 Å². The van der Waals surface area contributed by atoms with Gasteiger partial charge in [0.05, 0.1) is 30.6 Å². The molecule has 100 valence electrons. The van der Waals surface area contributed by atoms with Crippen LogP contribution in [0.2, 0.25) is 0 Å². The molecule has 0 aliphatic heterocycles. The highest BCUT2D eigenvalue weighted by molar-refractivity contribution is 5.35. The van der Waals surface area contributed by atoms with Crippen molar-refractivity contribution in [3.05, 3.63) is 42.2 Å². The molecule has 5 heteroatoms. The van der Waals surface area contributed by atoms with Crippen molar-refractivity contribution < 1.29 is 4.42 Å². The van der Waals surface area contributed by atoms with E-state index in [4.69, 9.17) is 4.42 Å². The van der Waals surface area contributed by atoms with E-state index in [1.807, 2.05) is 25.5 Å². The zero-order chi connectivity index (χ0) is 13.1. The summed E-state index contributed by atoms with van der Waals surface area (Å²) in [6, 6.07) is 2.66. The van der Waals surface area contributed by atoms with Gasteiger partial charge in [-0.05, 0) is 18.9 Å². The van der Waals surface area contributed by atoms with Crippen molar-refractivity contribution >= 4 is 5.82 Å². The molecule has 1 saturated carbocycles. The van der Waals surface area contributed by atoms with Gasteiger partial charge >= 0.3 is 0 Å². The molecule has 3 rings (SSSR count). The summed E-state index contributed by atoms with van der Waals surface area (Å²) in [5.41, 5.74) is 2.12. The van der Waals surface area contributed by atoms with Crippen molar-refractivity contribution in [1.29, 1.82) is 0 Å². The van der Waals surface area contributed by atoms with Crippen LogP contribution in [0.4, 0.5) is 5.82 Å². The Morgan fingerprint density at radius 2 is 2.26 bits per heavy atom. The highest BCUT2D eigenvalue weighted by atomic mass is 16.3. The second-order valence-electron chi connectivity index (χ2n) is 5.01. The fourth-order valence-corrected chi connectivity index (χ4v) is 1.91. The van der Waals surface area contributed by atoms with Crippen LogP contribution < -0.4 is 10.2 Å². The van der Waals surface area contributed by atoms with Gasteiger partial charge in [0.25, 0.3) is 0 Å². The van der Waals surface area contributed by atoms with Crippen LogP contribution in [-0.4, -0.2) is 23.1 Å². The molecular formula is C14H18N4O. The largest absolute Gasteiger partial charge is 0.472 e. The summed E-state index contributed by atoms with van der Waals surface area (Å²) in [6.45, 7) is 1.58. The number of anilines is 1. The Balaban J connectivity index is 1.57. The van der Waals surface area contributed by atoms with Gasteiger partial charge in [-0.3, -0.25) is 4.98 Å². The SMILES string of the molecule is CN(Cc1ccoc1)c1cnc(CNC2CC2)cn1. The number of hydrogen-bond donors (Lipinski definition) is 1. The van der Waals surface area contributed by atoms with Crippen LogP contribution in [0.25, 0.3) is 0 Å². The first kappa shape index (κ1) is 12.2. The average molecular weight is 258 g/mol. The minimum absolute atomic E-state index is 0.699. The van der Waals surface area contributed by atoms with E-state index in [0.29, 0.717) is 6.04 Å². The van der Waals surface area contributed by atoms with Crippen LogP contribution in [-0.2, 0) is 13.1 Å². The lowest BCUT2D eigenvalue weighted by molar-refractivity contribution is 0.563. The standard InChI is InChI=1S/C14H18N4O/c1-18(9-11-4-5-19-10-11)14-8-16-13(7-17-14)6-15-12-2-3-12/h4-5,7-8,10,12,15H,2-3,6,9H2,1H3. The Morgan fingerprint density at radius 3 is 2.89 bits per heavy atom. The average Bonchev–Trinajstić information content (AvgIpc) is 3.13. The van der Waals surface area contributed by atoms with Crippen molar-refractivity contribution in [3.63, 3.8) is 0 Å². The van der Waals surface area contributed by atoms with E-state index < -0.39 is 0 Å². The molecule has 1 aliphatic carbocycles. The zero-order valence-corrected chi connectivity index (χ0v) is 11.0. The lowest BCUT2D eigenvalue weighted by Gasteiger charge is -2.16. The van der Waals surface area contributed by atoms with E-state index in [2.05, 4.69) is 20.2 Å². The lowest BCUT2D eigenvalue weighted by Crippen LogP contribution is -2.19. The third-order valence-electron chi connectivity index (χ3n) is 3.23. The topological polar surface area (TPSA) is 54.2 Å². The molecule has 19 heavy (non-hydrogen) atoms. The fourth-order valence-electron chi connectivity index (χ4n) is 1.91. The monoisotopic (exact) mass is 258 g/mol. The summed E-state index contributed by atoms with van der Waals surface area (Å²) in [4.78, 5) is 10.9. The predicted molar refractivity (Wildman–Crippen MR) is 72.7 cm³/mol. The van der Waals surface area contributed by atoms with Gasteiger partial charge in [0, 0.05) is 31.7 Å². The molecule has 1 aliphatic rings. The minimum Gasteiger partial charge on any atom is -0.472 e. The van der Waals surface area contributed by atoms with E-state index in [0.717, 1.165) is 30.2 Å². The van der Waals surface area contributed by atoms with Crippen LogP contribution >= 0.6 is 0 Å². The minimum atomic E-state index is 0.699. The summed E-state index contributed by atoms with van der Waals surface area (Å²) in [6.07, 6.45) is 9.68. The summed E-state index contributed by atoms with van der Waals surface area (Å²) >= 11 is 0. The van der Waals surface area contributed by atoms with Gasteiger partial charge in [-0.2, -0.15) is 0 Å². The Morgan fingerprint density at radius 1 is 1.37 bits per heavy atom. The zero-order valence-electron chi connectivity index (χ0n) is 11.0. The molecule has 0 atom stereocenters. The van der Waals surface area contributed by atoms with Crippen LogP contribution in [0.15, 0.2) is 35.4 Å². The maximum atomic E-state index is 5.06. The Kier molecular flexibility index (Phi) is 3.46. The first-order valence-electron chi connectivity index (χ1n) is 6.58. The molecular weight excluding hydrogens is 240 g/mol. The molecule has 2 heterocycles. The van der Waals surface area contributed by atoms with E-state index in [1.165, 1.54) is 12.8 Å². The third-order valence-corrected chi connectivity index (χ3v) is 3.23. The van der Waals surface area contributed by atoms with Crippen molar-refractivity contribution in [1.82, 2.24) is 15.3 Å². The van der Waals surface area contributed by atoms with Crippen molar-refractivity contribution in [2.24, 2.45) is 0 Å². The second kappa shape index (κ2) is 5.40. The van der Waals surface area contributed by atoms with Crippen LogP contribution in [0.5, 0.6) is 0 Å². The van der Waals surface area contributed by atoms with Gasteiger partial charge < -0.3 is 14.6 Å². The van der Waals surface area contributed by atoms with Gasteiger partial charge in [-0.25, -0.2) is 4.98 Å². The second-order valence-corrected chi connectivity index (χ2v) is 5.01. The summed E-state index contributed by atoms with van der Waals surface area (Å²) in [5, 5.41) is 3.43. The number of nitrogens with zero attached hydrogens (tertiary/aromatic N) is 3. The lowest BCUT2D eigenvalue weighted by atomic mass is 10.3. The Hall–Kier alpha value is -1.88. The maximum absolute atomic E-state index is 5.06. The molecule has 0 aromatic carbocycles. The van der Waals surface area contributed by atoms with Crippen molar-refractivity contribution in [2.45, 2.75) is 32.0 Å². The van der Waals surface area contributed by atoms with Gasteiger partial charge in [0.1, 0.15) is 5.82 Å². The van der Waals surface area contributed by atoms with Gasteiger partial charge in [-0.15, -0.1) is 0 Å². The van der Waals surface area contributed by atoms with E-state index in [9.17, 15) is 0 Å². The number of aromatic nitrogens is 2. The first-order valence-corrected chi connectivity index (χ1v) is 6.58. The summed E-state index contributed by atoms with van der Waals surface area (Å²) in [5.74, 6) is 0.872. The summed E-state index contributed by atoms with van der Waals surface area (Å²) < 4.78 is 5.06. The molecule has 0 saturated heterocycles. The van der Waals surface area contributed by atoms with Gasteiger partial charge in [-0.1, -0.05) is 0 Å². The fraction of sp³-hybridized carbons (Fsp3) is 0.429. The molecule has 0 radical (unpaired) electrons. The van der Waals surface area contributed by atoms with Crippen molar-refractivity contribution in [2.75, 3.05) is 11.9 Å². The Labute approximate surface area is 112 Å². The molecule has 0 amide bonds. The molecule has 0 unspecified atom stereocenters. The molecule has 2 aromatic heterocycles. The van der Waals surface area contributed by atoms with Gasteiger partial charge in [0.2, 0.25) is 0 Å². The molecule has 0 bridgehead atoms. The highest BCUT2D eigenvalue weighted by Crippen LogP contribution is 2.19. The molecule has 2 aromatic rings.